The molecule has 4 heterocycles. The molecular formula is C15H14F4N8O2. The lowest BCUT2D eigenvalue weighted by Crippen LogP contribution is -2.31. The van der Waals surface area contributed by atoms with Gasteiger partial charge in [-0.05, 0) is 12.5 Å². The summed E-state index contributed by atoms with van der Waals surface area (Å²) in [4.78, 5) is 29.1. The second-order valence-electron chi connectivity index (χ2n) is 6.41. The standard InChI is InChI=1S/C15H14F4N8O2/c16-8-1-2-26(5-8)13-23-10-7(3-9-11(28)24-14(29)22-9)4-21-27(10)12(25-13)20-6-15(17,18)19/h3-4,8,28H,1-2,5-6H2,(H2,22,24,29). The van der Waals surface area contributed by atoms with Gasteiger partial charge in [0.25, 0.3) is 5.62 Å². The van der Waals surface area contributed by atoms with Crippen molar-refractivity contribution in [1.29, 1.82) is 0 Å². The van der Waals surface area contributed by atoms with Gasteiger partial charge in [-0.1, -0.05) is 0 Å². The lowest BCUT2D eigenvalue weighted by molar-refractivity contribution is -0.118. The van der Waals surface area contributed by atoms with E-state index in [0.717, 1.165) is 4.52 Å². The average Bonchev–Trinajstić information content (AvgIpc) is 3.32. The number of fused-ring (bicyclic) bond motifs is 1. The maximum Gasteiger partial charge on any atom is 0.408 e. The molecule has 0 bridgehead atoms. The number of nitrogens with one attached hydrogen (secondary N) is 2. The molecule has 1 fully saturated rings. The van der Waals surface area contributed by atoms with Crippen LogP contribution in [0.15, 0.2) is 16.0 Å². The van der Waals surface area contributed by atoms with Crippen LogP contribution in [0.1, 0.15) is 12.1 Å². The zero-order chi connectivity index (χ0) is 20.8. The third-order valence-electron chi connectivity index (χ3n) is 4.21. The molecular weight excluding hydrogens is 400 g/mol. The first-order chi connectivity index (χ1) is 13.7. The lowest BCUT2D eigenvalue weighted by atomic mass is 10.3. The van der Waals surface area contributed by atoms with Gasteiger partial charge in [-0.25, -0.2) is 14.2 Å². The third kappa shape index (κ3) is 3.90. The number of hydrogen-bond donors (Lipinski definition) is 3. The first-order valence-corrected chi connectivity index (χ1v) is 8.44. The molecule has 154 valence electrons. The van der Waals surface area contributed by atoms with Gasteiger partial charge in [0.15, 0.2) is 5.65 Å². The minimum absolute atomic E-state index is 0.00792. The highest BCUT2D eigenvalue weighted by atomic mass is 19.4. The van der Waals surface area contributed by atoms with Gasteiger partial charge < -0.3 is 15.0 Å². The Bertz CT molecular complexity index is 1230. The van der Waals surface area contributed by atoms with Crippen LogP contribution in [0.3, 0.4) is 0 Å². The number of rotatable bonds is 3. The molecule has 3 aromatic rings. The fourth-order valence-electron chi connectivity index (χ4n) is 2.92. The van der Waals surface area contributed by atoms with Gasteiger partial charge in [0.2, 0.25) is 11.8 Å². The summed E-state index contributed by atoms with van der Waals surface area (Å²) in [6, 6.07) is 0. The van der Waals surface area contributed by atoms with Crippen LogP contribution in [0, 0.1) is 0 Å². The van der Waals surface area contributed by atoms with E-state index in [1.165, 1.54) is 17.2 Å². The normalized spacial score (nSPS) is 19.0. The molecule has 14 heteroatoms. The Balaban J connectivity index is 1.91. The summed E-state index contributed by atoms with van der Waals surface area (Å²) in [6.45, 7) is -1.17. The fraction of sp³-hybridized carbons (Fsp3) is 0.400. The maximum absolute atomic E-state index is 13.6. The zero-order valence-electron chi connectivity index (χ0n) is 14.6. The summed E-state index contributed by atoms with van der Waals surface area (Å²) >= 11 is 0. The topological polar surface area (TPSA) is 128 Å². The Hall–Kier alpha value is -3.45. The van der Waals surface area contributed by atoms with Gasteiger partial charge in [-0.2, -0.15) is 32.8 Å². The zero-order valence-corrected chi connectivity index (χ0v) is 14.6. The highest BCUT2D eigenvalue weighted by Gasteiger charge is 2.27. The minimum atomic E-state index is -4.55. The van der Waals surface area contributed by atoms with E-state index in [1.807, 2.05) is 0 Å². The molecule has 1 aliphatic rings. The van der Waals surface area contributed by atoms with Crippen molar-refractivity contribution in [2.75, 3.05) is 24.5 Å². The Morgan fingerprint density at radius 2 is 2.14 bits per heavy atom. The number of alkyl halides is 4. The Morgan fingerprint density at radius 3 is 2.76 bits per heavy atom. The molecule has 1 atom stereocenters. The number of aromatic amines is 2. The van der Waals surface area contributed by atoms with E-state index in [9.17, 15) is 27.5 Å². The Kier molecular flexibility index (Phi) is 4.47. The summed E-state index contributed by atoms with van der Waals surface area (Å²) in [5.74, 6) is -0.411. The van der Waals surface area contributed by atoms with Crippen molar-refractivity contribution in [2.45, 2.75) is 18.8 Å². The number of halogens is 4. The molecule has 1 aliphatic heterocycles. The number of anilines is 1. The van der Waals surface area contributed by atoms with Crippen LogP contribution < -0.4 is 21.4 Å². The van der Waals surface area contributed by atoms with Crippen LogP contribution in [0.4, 0.5) is 23.5 Å². The Labute approximate surface area is 158 Å². The average molecular weight is 414 g/mol. The van der Waals surface area contributed by atoms with Crippen LogP contribution >= 0.6 is 0 Å². The fourth-order valence-corrected chi connectivity index (χ4v) is 2.92. The first-order valence-electron chi connectivity index (χ1n) is 8.44. The third-order valence-corrected chi connectivity index (χ3v) is 4.21. The number of aromatic nitrogens is 6. The molecule has 0 spiro atoms. The van der Waals surface area contributed by atoms with Crippen molar-refractivity contribution < 1.29 is 22.7 Å². The van der Waals surface area contributed by atoms with Crippen molar-refractivity contribution in [2.24, 2.45) is 4.99 Å². The van der Waals surface area contributed by atoms with E-state index in [-0.39, 0.29) is 41.1 Å². The number of hydrogen-bond acceptors (Lipinski definition) is 7. The van der Waals surface area contributed by atoms with Crippen LogP contribution in [0.2, 0.25) is 0 Å². The van der Waals surface area contributed by atoms with Crippen LogP contribution in [0.5, 0.6) is 5.88 Å². The molecule has 0 aromatic carbocycles. The summed E-state index contributed by atoms with van der Waals surface area (Å²) in [5.41, 5.74) is -0.882. The lowest BCUT2D eigenvalue weighted by Gasteiger charge is -2.14. The number of aromatic hydroxyl groups is 1. The van der Waals surface area contributed by atoms with Gasteiger partial charge >= 0.3 is 11.9 Å². The largest absolute Gasteiger partial charge is 0.493 e. The summed E-state index contributed by atoms with van der Waals surface area (Å²) in [6.07, 6.45) is -2.79. The smallest absolute Gasteiger partial charge is 0.408 e. The number of imidazole rings is 1. The van der Waals surface area contributed by atoms with Crippen molar-refractivity contribution >= 4 is 17.7 Å². The molecule has 10 nitrogen and oxygen atoms in total. The molecule has 0 aliphatic carbocycles. The van der Waals surface area contributed by atoms with Crippen molar-refractivity contribution in [3.05, 3.63) is 33.2 Å². The second-order valence-corrected chi connectivity index (χ2v) is 6.41. The highest BCUT2D eigenvalue weighted by Crippen LogP contribution is 2.17. The second kappa shape index (κ2) is 6.86. The molecule has 1 saturated heterocycles. The van der Waals surface area contributed by atoms with E-state index in [2.05, 4.69) is 30.0 Å². The van der Waals surface area contributed by atoms with E-state index in [1.54, 1.807) is 0 Å². The van der Waals surface area contributed by atoms with E-state index in [4.69, 9.17) is 0 Å². The van der Waals surface area contributed by atoms with Gasteiger partial charge in [-0.15, -0.1) is 0 Å². The maximum atomic E-state index is 13.6. The summed E-state index contributed by atoms with van der Waals surface area (Å²) < 4.78 is 52.5. The van der Waals surface area contributed by atoms with Gasteiger partial charge in [0, 0.05) is 11.8 Å². The number of H-pyrrole nitrogens is 2. The summed E-state index contributed by atoms with van der Waals surface area (Å²) in [5, 5.41) is 13.9. The molecule has 0 radical (unpaired) electrons. The van der Waals surface area contributed by atoms with Crippen LogP contribution in [-0.4, -0.2) is 66.6 Å². The van der Waals surface area contributed by atoms with Gasteiger partial charge in [0.1, 0.15) is 18.4 Å². The van der Waals surface area contributed by atoms with Gasteiger partial charge in [0.05, 0.1) is 12.7 Å². The monoisotopic (exact) mass is 414 g/mol. The molecule has 3 aromatic heterocycles. The molecule has 4 rings (SSSR count). The van der Waals surface area contributed by atoms with E-state index < -0.39 is 30.5 Å². The predicted molar refractivity (Wildman–Crippen MR) is 90.9 cm³/mol. The molecule has 1 unspecified atom stereocenters. The number of nitrogens with zero attached hydrogens (tertiary/aromatic N) is 6. The van der Waals surface area contributed by atoms with E-state index >= 15 is 0 Å². The predicted octanol–water partition coefficient (Wildman–Crippen LogP) is -0.595. The highest BCUT2D eigenvalue weighted by molar-refractivity contribution is 5.57. The first kappa shape index (κ1) is 18.9. The summed E-state index contributed by atoms with van der Waals surface area (Å²) in [7, 11) is 0. The minimum Gasteiger partial charge on any atom is -0.493 e. The molecule has 3 N–H and O–H groups in total. The van der Waals surface area contributed by atoms with Crippen molar-refractivity contribution in [1.82, 2.24) is 29.5 Å². The van der Waals surface area contributed by atoms with Crippen molar-refractivity contribution in [3.8, 4) is 5.88 Å². The van der Waals surface area contributed by atoms with E-state index in [0.29, 0.717) is 6.54 Å². The molecule has 0 amide bonds. The van der Waals surface area contributed by atoms with Crippen LogP contribution in [0.25, 0.3) is 11.7 Å². The Morgan fingerprint density at radius 1 is 1.34 bits per heavy atom. The SMILES string of the molecule is O=c1[nH]c(O)c(C=c2cnn3c(=NCC(F)(F)F)nc(N4CCC(F)C4)nc23)[nH]1. The van der Waals surface area contributed by atoms with Crippen molar-refractivity contribution in [3.63, 3.8) is 0 Å². The molecule has 29 heavy (non-hydrogen) atoms. The van der Waals surface area contributed by atoms with Gasteiger partial charge in [-0.3, -0.25) is 4.98 Å². The van der Waals surface area contributed by atoms with Crippen LogP contribution in [-0.2, 0) is 0 Å². The quantitative estimate of drug-likeness (QED) is 0.492. The molecule has 0 saturated carbocycles.